The van der Waals surface area contributed by atoms with Crippen molar-refractivity contribution in [2.45, 2.75) is 31.8 Å². The van der Waals surface area contributed by atoms with Crippen LogP contribution in [0.5, 0.6) is 0 Å². The van der Waals surface area contributed by atoms with Crippen molar-refractivity contribution in [2.24, 2.45) is 0 Å². The van der Waals surface area contributed by atoms with Crippen LogP contribution in [0, 0.1) is 6.92 Å². The topological polar surface area (TPSA) is 62.4 Å². The van der Waals surface area contributed by atoms with E-state index in [1.54, 1.807) is 11.3 Å². The number of H-pyrrole nitrogens is 1. The van der Waals surface area contributed by atoms with Gasteiger partial charge in [-0.3, -0.25) is 9.59 Å². The van der Waals surface area contributed by atoms with Crippen molar-refractivity contribution >= 4 is 28.1 Å². The van der Waals surface area contributed by atoms with Gasteiger partial charge in [0.15, 0.2) is 0 Å². The minimum atomic E-state index is -0.245. The minimum absolute atomic E-state index is 0.0706. The van der Waals surface area contributed by atoms with Crippen LogP contribution in [0.25, 0.3) is 10.9 Å². The molecule has 4 heterocycles. The van der Waals surface area contributed by atoms with E-state index in [9.17, 15) is 9.59 Å². The number of pyridine rings is 1. The molecule has 5 nitrogen and oxygen atoms in total. The number of hydrogen-bond acceptors (Lipinski definition) is 4. The second-order valence-electron chi connectivity index (χ2n) is 7.76. The van der Waals surface area contributed by atoms with Gasteiger partial charge in [-0.1, -0.05) is 11.6 Å². The molecule has 0 bridgehead atoms. The standard InChI is InChI=1S/C22H22N2O3S/c1-14-2-3-18-16(12-14)17(13-19(25)23-18)21(26)24-8-6-22(7-9-24)20-15(4-10-27-22)5-11-28-20/h2-3,5,11-13H,4,6-10H2,1H3,(H,23,25). The van der Waals surface area contributed by atoms with Crippen LogP contribution >= 0.6 is 11.3 Å². The molecule has 6 heteroatoms. The molecular weight excluding hydrogens is 372 g/mol. The predicted molar refractivity (Wildman–Crippen MR) is 110 cm³/mol. The maximum absolute atomic E-state index is 13.3. The first-order valence-electron chi connectivity index (χ1n) is 9.69. The Balaban J connectivity index is 1.44. The number of aryl methyl sites for hydroxylation is 1. The Morgan fingerprint density at radius 3 is 2.86 bits per heavy atom. The summed E-state index contributed by atoms with van der Waals surface area (Å²) in [6.45, 7) is 4.00. The largest absolute Gasteiger partial charge is 0.369 e. The molecule has 1 aromatic carbocycles. The van der Waals surface area contributed by atoms with Crippen LogP contribution in [-0.4, -0.2) is 35.5 Å². The number of hydrogen-bond donors (Lipinski definition) is 1. The lowest BCUT2D eigenvalue weighted by Crippen LogP contribution is -2.48. The number of amides is 1. The summed E-state index contributed by atoms with van der Waals surface area (Å²) in [5.41, 5.74) is 3.16. The highest BCUT2D eigenvalue weighted by Crippen LogP contribution is 2.44. The Morgan fingerprint density at radius 2 is 2.04 bits per heavy atom. The summed E-state index contributed by atoms with van der Waals surface area (Å²) in [7, 11) is 0. The number of likely N-dealkylation sites (tertiary alicyclic amines) is 1. The van der Waals surface area contributed by atoms with E-state index in [2.05, 4.69) is 16.4 Å². The molecule has 144 valence electrons. The number of nitrogens with zero attached hydrogens (tertiary/aromatic N) is 1. The number of thiophene rings is 1. The Bertz CT molecular complexity index is 1120. The Kier molecular flexibility index (Phi) is 4.14. The van der Waals surface area contributed by atoms with E-state index in [-0.39, 0.29) is 17.1 Å². The van der Waals surface area contributed by atoms with E-state index >= 15 is 0 Å². The molecule has 1 fully saturated rings. The smallest absolute Gasteiger partial charge is 0.254 e. The molecular formula is C22H22N2O3S. The molecule has 1 saturated heterocycles. The number of carbonyl (C=O) groups is 1. The van der Waals surface area contributed by atoms with Gasteiger partial charge < -0.3 is 14.6 Å². The normalized spacial score (nSPS) is 18.4. The number of fused-ring (bicyclic) bond motifs is 3. The van der Waals surface area contributed by atoms with E-state index in [0.717, 1.165) is 36.8 Å². The predicted octanol–water partition coefficient (Wildman–Crippen LogP) is 3.60. The molecule has 0 aliphatic carbocycles. The van der Waals surface area contributed by atoms with Gasteiger partial charge in [-0.05, 0) is 55.3 Å². The van der Waals surface area contributed by atoms with Crippen LogP contribution in [-0.2, 0) is 16.8 Å². The summed E-state index contributed by atoms with van der Waals surface area (Å²) >= 11 is 1.77. The fourth-order valence-corrected chi connectivity index (χ4v) is 5.68. The zero-order chi connectivity index (χ0) is 19.3. The van der Waals surface area contributed by atoms with Crippen molar-refractivity contribution < 1.29 is 9.53 Å². The van der Waals surface area contributed by atoms with Gasteiger partial charge in [0.05, 0.1) is 12.2 Å². The van der Waals surface area contributed by atoms with Crippen LogP contribution in [0.1, 0.15) is 39.2 Å². The first-order valence-corrected chi connectivity index (χ1v) is 10.6. The van der Waals surface area contributed by atoms with Crippen LogP contribution in [0.15, 0.2) is 40.5 Å². The number of aromatic nitrogens is 1. The molecule has 2 aliphatic rings. The third kappa shape index (κ3) is 2.79. The van der Waals surface area contributed by atoms with Gasteiger partial charge in [-0.2, -0.15) is 0 Å². The maximum Gasteiger partial charge on any atom is 0.254 e. The van der Waals surface area contributed by atoms with Crippen molar-refractivity contribution in [3.8, 4) is 0 Å². The number of piperidine rings is 1. The van der Waals surface area contributed by atoms with Gasteiger partial charge in [0, 0.05) is 34.9 Å². The average Bonchev–Trinajstić information content (AvgIpc) is 3.18. The molecule has 0 saturated carbocycles. The van der Waals surface area contributed by atoms with Gasteiger partial charge in [0.1, 0.15) is 5.60 Å². The monoisotopic (exact) mass is 394 g/mol. The molecule has 0 atom stereocenters. The number of rotatable bonds is 1. The summed E-state index contributed by atoms with van der Waals surface area (Å²) in [6, 6.07) is 9.40. The van der Waals surface area contributed by atoms with Gasteiger partial charge >= 0.3 is 0 Å². The van der Waals surface area contributed by atoms with Crippen molar-refractivity contribution in [1.82, 2.24) is 9.88 Å². The summed E-state index contributed by atoms with van der Waals surface area (Å²) in [6.07, 6.45) is 2.57. The first-order chi connectivity index (χ1) is 13.6. The summed E-state index contributed by atoms with van der Waals surface area (Å²) in [4.78, 5) is 31.4. The number of ether oxygens (including phenoxy) is 1. The lowest BCUT2D eigenvalue weighted by Gasteiger charge is -2.43. The van der Waals surface area contributed by atoms with Gasteiger partial charge in [0.2, 0.25) is 5.56 Å². The molecule has 1 N–H and O–H groups in total. The molecule has 2 aliphatic heterocycles. The highest BCUT2D eigenvalue weighted by molar-refractivity contribution is 7.10. The molecule has 28 heavy (non-hydrogen) atoms. The highest BCUT2D eigenvalue weighted by Gasteiger charge is 2.42. The molecule has 5 rings (SSSR count). The lowest BCUT2D eigenvalue weighted by molar-refractivity contribution is -0.0906. The average molecular weight is 394 g/mol. The second kappa shape index (κ2) is 6.57. The first kappa shape index (κ1) is 17.6. The fourth-order valence-electron chi connectivity index (χ4n) is 4.51. The lowest BCUT2D eigenvalue weighted by atomic mass is 9.85. The van der Waals surface area contributed by atoms with Gasteiger partial charge in [-0.25, -0.2) is 0 Å². The zero-order valence-electron chi connectivity index (χ0n) is 15.8. The Labute approximate surface area is 166 Å². The molecule has 0 radical (unpaired) electrons. The number of aromatic amines is 1. The third-order valence-electron chi connectivity index (χ3n) is 6.00. The molecule has 1 spiro atoms. The Morgan fingerprint density at radius 1 is 1.21 bits per heavy atom. The van der Waals surface area contributed by atoms with Gasteiger partial charge in [-0.15, -0.1) is 11.3 Å². The number of nitrogens with one attached hydrogen (secondary N) is 1. The van der Waals surface area contributed by atoms with Crippen molar-refractivity contribution in [1.29, 1.82) is 0 Å². The van der Waals surface area contributed by atoms with E-state index in [4.69, 9.17) is 4.74 Å². The van der Waals surface area contributed by atoms with E-state index in [0.29, 0.717) is 24.2 Å². The summed E-state index contributed by atoms with van der Waals surface area (Å²) in [5.74, 6) is -0.0706. The zero-order valence-corrected chi connectivity index (χ0v) is 16.6. The van der Waals surface area contributed by atoms with Crippen molar-refractivity contribution in [3.05, 3.63) is 67.6 Å². The number of benzene rings is 1. The van der Waals surface area contributed by atoms with E-state index in [1.807, 2.05) is 30.0 Å². The van der Waals surface area contributed by atoms with Crippen LogP contribution in [0.3, 0.4) is 0 Å². The Hall–Kier alpha value is -2.44. The van der Waals surface area contributed by atoms with E-state index < -0.39 is 0 Å². The quantitative estimate of drug-likeness (QED) is 0.686. The number of carbonyl (C=O) groups excluding carboxylic acids is 1. The van der Waals surface area contributed by atoms with Crippen LogP contribution in [0.4, 0.5) is 0 Å². The molecule has 1 amide bonds. The molecule has 3 aromatic rings. The maximum atomic E-state index is 13.3. The summed E-state index contributed by atoms with van der Waals surface area (Å²) in [5, 5.41) is 2.95. The highest BCUT2D eigenvalue weighted by atomic mass is 32.1. The second-order valence-corrected chi connectivity index (χ2v) is 8.67. The molecule has 2 aromatic heterocycles. The van der Waals surface area contributed by atoms with Crippen LogP contribution < -0.4 is 5.56 Å². The van der Waals surface area contributed by atoms with Crippen LogP contribution in [0.2, 0.25) is 0 Å². The SMILES string of the molecule is Cc1ccc2[nH]c(=O)cc(C(=O)N3CCC4(CC3)OCCc3ccsc34)c2c1. The van der Waals surface area contributed by atoms with Crippen molar-refractivity contribution in [2.75, 3.05) is 19.7 Å². The fraction of sp³-hybridized carbons (Fsp3) is 0.364. The minimum Gasteiger partial charge on any atom is -0.369 e. The van der Waals surface area contributed by atoms with Crippen molar-refractivity contribution in [3.63, 3.8) is 0 Å². The van der Waals surface area contributed by atoms with Gasteiger partial charge in [0.25, 0.3) is 5.91 Å². The summed E-state index contributed by atoms with van der Waals surface area (Å²) < 4.78 is 6.25. The van der Waals surface area contributed by atoms with E-state index in [1.165, 1.54) is 16.5 Å². The molecule has 0 unspecified atom stereocenters. The third-order valence-corrected chi connectivity index (χ3v) is 7.14.